The highest BCUT2D eigenvalue weighted by atomic mass is 16.5. The van der Waals surface area contributed by atoms with Crippen molar-refractivity contribution in [3.05, 3.63) is 65.9 Å². The van der Waals surface area contributed by atoms with E-state index in [4.69, 9.17) is 4.74 Å². The first kappa shape index (κ1) is 19.5. The third kappa shape index (κ3) is 3.36. The van der Waals surface area contributed by atoms with Gasteiger partial charge in [-0.15, -0.1) is 0 Å². The average molecular weight is 406 g/mol. The quantitative estimate of drug-likeness (QED) is 0.548. The van der Waals surface area contributed by atoms with E-state index in [1.54, 1.807) is 38.3 Å². The molecule has 30 heavy (non-hydrogen) atoms. The van der Waals surface area contributed by atoms with Crippen LogP contribution in [0, 0.1) is 0 Å². The van der Waals surface area contributed by atoms with Gasteiger partial charge in [-0.2, -0.15) is 5.01 Å². The van der Waals surface area contributed by atoms with Gasteiger partial charge in [-0.05, 0) is 42.7 Å². The molecular formula is C22H22N4O4. The number of nitrogens with one attached hydrogen (secondary N) is 3. The zero-order valence-electron chi connectivity index (χ0n) is 16.7. The van der Waals surface area contributed by atoms with Crippen LogP contribution in [0.3, 0.4) is 0 Å². The molecule has 3 N–H and O–H groups in total. The Morgan fingerprint density at radius 3 is 2.60 bits per heavy atom. The summed E-state index contributed by atoms with van der Waals surface area (Å²) in [6, 6.07) is 14.0. The number of carbonyl (C=O) groups is 3. The van der Waals surface area contributed by atoms with Crippen molar-refractivity contribution in [2.45, 2.75) is 25.3 Å². The van der Waals surface area contributed by atoms with E-state index in [2.05, 4.69) is 15.7 Å². The molecule has 0 aliphatic carbocycles. The van der Waals surface area contributed by atoms with E-state index in [-0.39, 0.29) is 6.42 Å². The fourth-order valence-corrected chi connectivity index (χ4v) is 3.63. The van der Waals surface area contributed by atoms with E-state index >= 15 is 0 Å². The van der Waals surface area contributed by atoms with Crippen LogP contribution in [0.15, 0.2) is 54.7 Å². The molecule has 2 aromatic carbocycles. The summed E-state index contributed by atoms with van der Waals surface area (Å²) in [7, 11) is 1.55. The maximum absolute atomic E-state index is 12.9. The number of rotatable bonds is 6. The molecule has 1 saturated heterocycles. The first-order chi connectivity index (χ1) is 14.4. The Hall–Kier alpha value is -3.81. The van der Waals surface area contributed by atoms with Gasteiger partial charge in [0.1, 0.15) is 11.3 Å². The molecule has 1 aliphatic rings. The smallest absolute Gasteiger partial charge is 0.344 e. The summed E-state index contributed by atoms with van der Waals surface area (Å²) in [5, 5.41) is 4.46. The molecule has 2 heterocycles. The van der Waals surface area contributed by atoms with Gasteiger partial charge in [-0.3, -0.25) is 15.0 Å². The number of nitrogens with zero attached hydrogens (tertiary/aromatic N) is 1. The maximum atomic E-state index is 12.9. The lowest BCUT2D eigenvalue weighted by molar-refractivity contribution is -0.138. The normalized spacial score (nSPS) is 18.5. The van der Waals surface area contributed by atoms with E-state index in [1.165, 1.54) is 0 Å². The lowest BCUT2D eigenvalue weighted by Gasteiger charge is -2.22. The monoisotopic (exact) mass is 406 g/mol. The van der Waals surface area contributed by atoms with Crippen LogP contribution in [-0.2, 0) is 21.5 Å². The molecule has 0 unspecified atom stereocenters. The number of aryl methyl sites for hydroxylation is 1. The van der Waals surface area contributed by atoms with Crippen LogP contribution in [0.25, 0.3) is 10.9 Å². The van der Waals surface area contributed by atoms with E-state index in [0.29, 0.717) is 17.7 Å². The predicted octanol–water partition coefficient (Wildman–Crippen LogP) is 2.61. The number of amides is 4. The molecule has 4 amide bonds. The topological polar surface area (TPSA) is 104 Å². The third-order valence-electron chi connectivity index (χ3n) is 5.39. The highest BCUT2D eigenvalue weighted by molar-refractivity contribution is 6.08. The zero-order valence-corrected chi connectivity index (χ0v) is 16.7. The molecule has 1 aliphatic heterocycles. The number of urea groups is 1. The number of fused-ring (bicyclic) bond motifs is 1. The highest BCUT2D eigenvalue weighted by Gasteiger charge is 2.50. The Morgan fingerprint density at radius 1 is 1.13 bits per heavy atom. The van der Waals surface area contributed by atoms with Crippen LogP contribution in [0.1, 0.15) is 24.5 Å². The fraction of sp³-hybridized carbons (Fsp3) is 0.227. The molecule has 1 aromatic heterocycles. The first-order valence-electron chi connectivity index (χ1n) is 9.58. The Kier molecular flexibility index (Phi) is 4.91. The molecule has 0 spiro atoms. The second-order valence-corrected chi connectivity index (χ2v) is 7.32. The molecule has 8 heteroatoms. The van der Waals surface area contributed by atoms with Gasteiger partial charge in [0.2, 0.25) is 5.91 Å². The second-order valence-electron chi connectivity index (χ2n) is 7.32. The Balaban J connectivity index is 1.43. The van der Waals surface area contributed by atoms with Gasteiger partial charge < -0.3 is 15.0 Å². The number of carbonyl (C=O) groups excluding carboxylic acids is 3. The van der Waals surface area contributed by atoms with Crippen molar-refractivity contribution in [2.24, 2.45) is 0 Å². The molecule has 0 saturated carbocycles. The van der Waals surface area contributed by atoms with E-state index in [1.807, 2.05) is 30.5 Å². The minimum Gasteiger partial charge on any atom is -0.497 e. The van der Waals surface area contributed by atoms with Gasteiger partial charge in [-0.25, -0.2) is 4.79 Å². The predicted molar refractivity (Wildman–Crippen MR) is 110 cm³/mol. The summed E-state index contributed by atoms with van der Waals surface area (Å²) in [4.78, 5) is 40.9. The van der Waals surface area contributed by atoms with Gasteiger partial charge in [0, 0.05) is 23.5 Å². The molecule has 0 bridgehead atoms. The summed E-state index contributed by atoms with van der Waals surface area (Å²) in [6.45, 7) is 1.60. The summed E-state index contributed by atoms with van der Waals surface area (Å²) < 4.78 is 5.13. The summed E-state index contributed by atoms with van der Waals surface area (Å²) in [5.41, 5.74) is 3.76. The molecule has 8 nitrogen and oxygen atoms in total. The van der Waals surface area contributed by atoms with Gasteiger partial charge in [0.25, 0.3) is 5.91 Å². The van der Waals surface area contributed by atoms with Crippen LogP contribution < -0.4 is 15.5 Å². The number of imide groups is 1. The maximum Gasteiger partial charge on any atom is 0.344 e. The lowest BCUT2D eigenvalue weighted by Crippen LogP contribution is -2.48. The number of aromatic amines is 1. The van der Waals surface area contributed by atoms with E-state index in [9.17, 15) is 14.4 Å². The van der Waals surface area contributed by atoms with Gasteiger partial charge >= 0.3 is 6.03 Å². The number of benzene rings is 2. The van der Waals surface area contributed by atoms with Crippen LogP contribution >= 0.6 is 0 Å². The average Bonchev–Trinajstić information content (AvgIpc) is 3.27. The molecule has 154 valence electrons. The van der Waals surface area contributed by atoms with Crippen molar-refractivity contribution in [1.82, 2.24) is 20.7 Å². The highest BCUT2D eigenvalue weighted by Crippen LogP contribution is 2.29. The Morgan fingerprint density at radius 2 is 1.87 bits per heavy atom. The van der Waals surface area contributed by atoms with E-state index < -0.39 is 23.4 Å². The molecule has 4 rings (SSSR count). The SMILES string of the molecule is COc1ccc([C@@]2(C)NC(=O)N(NC(=O)CCc3c[nH]c4ccccc34)C2=O)cc1. The number of methoxy groups -OCH3 is 1. The fourth-order valence-electron chi connectivity index (χ4n) is 3.63. The number of aromatic nitrogens is 1. The van der Waals surface area contributed by atoms with Crippen LogP contribution in [-0.4, -0.2) is 34.9 Å². The van der Waals surface area contributed by atoms with Crippen molar-refractivity contribution in [3.63, 3.8) is 0 Å². The van der Waals surface area contributed by atoms with Crippen molar-refractivity contribution in [3.8, 4) is 5.75 Å². The van der Waals surface area contributed by atoms with Crippen molar-refractivity contribution >= 4 is 28.7 Å². The van der Waals surface area contributed by atoms with Crippen LogP contribution in [0.2, 0.25) is 0 Å². The van der Waals surface area contributed by atoms with Crippen molar-refractivity contribution < 1.29 is 19.1 Å². The lowest BCUT2D eigenvalue weighted by atomic mass is 9.92. The molecular weight excluding hydrogens is 384 g/mol. The molecule has 1 atom stereocenters. The van der Waals surface area contributed by atoms with Gasteiger partial charge in [0.15, 0.2) is 0 Å². The second kappa shape index (κ2) is 7.55. The number of hydrogen-bond acceptors (Lipinski definition) is 4. The summed E-state index contributed by atoms with van der Waals surface area (Å²) in [6.07, 6.45) is 2.49. The van der Waals surface area contributed by atoms with Crippen LogP contribution in [0.5, 0.6) is 5.75 Å². The standard InChI is InChI=1S/C22H22N4O4/c1-22(15-8-10-16(30-2)11-9-15)20(28)26(21(29)24-22)25-19(27)12-7-14-13-23-18-6-4-3-5-17(14)18/h3-6,8-11,13,23H,7,12H2,1-2H3,(H,24,29)(H,25,27)/t22-/m1/s1. The molecule has 1 fully saturated rings. The summed E-state index contributed by atoms with van der Waals surface area (Å²) in [5.74, 6) is -0.317. The minimum absolute atomic E-state index is 0.137. The number of hydrogen-bond donors (Lipinski definition) is 3. The largest absolute Gasteiger partial charge is 0.497 e. The number of H-pyrrole nitrogens is 1. The van der Waals surface area contributed by atoms with Crippen molar-refractivity contribution in [2.75, 3.05) is 7.11 Å². The summed E-state index contributed by atoms with van der Waals surface area (Å²) >= 11 is 0. The Bertz CT molecular complexity index is 1120. The van der Waals surface area contributed by atoms with Gasteiger partial charge in [-0.1, -0.05) is 30.3 Å². The van der Waals surface area contributed by atoms with Gasteiger partial charge in [0.05, 0.1) is 7.11 Å². The molecule has 0 radical (unpaired) electrons. The molecule has 3 aromatic rings. The van der Waals surface area contributed by atoms with Crippen molar-refractivity contribution in [1.29, 1.82) is 0 Å². The number of para-hydroxylation sites is 1. The zero-order chi connectivity index (χ0) is 21.3. The Labute approximate surface area is 173 Å². The third-order valence-corrected chi connectivity index (χ3v) is 5.39. The van der Waals surface area contributed by atoms with Crippen LogP contribution in [0.4, 0.5) is 4.79 Å². The number of ether oxygens (including phenoxy) is 1. The minimum atomic E-state index is -1.27. The van der Waals surface area contributed by atoms with E-state index in [0.717, 1.165) is 21.5 Å². The first-order valence-corrected chi connectivity index (χ1v) is 9.58. The number of hydrazine groups is 1.